The van der Waals surface area contributed by atoms with E-state index in [1.54, 1.807) is 19.1 Å². The van der Waals surface area contributed by atoms with Gasteiger partial charge in [-0.3, -0.25) is 9.78 Å². The van der Waals surface area contributed by atoms with Crippen molar-refractivity contribution in [3.05, 3.63) is 29.6 Å². The Bertz CT molecular complexity index is 403. The lowest BCUT2D eigenvalue weighted by molar-refractivity contribution is 0.0120. The molecule has 1 aliphatic rings. The number of nitrogens with zero attached hydrogens (tertiary/aromatic N) is 2. The minimum atomic E-state index is -2.74. The molecule has 3 nitrogen and oxygen atoms in total. The lowest BCUT2D eigenvalue weighted by atomic mass is 10.2. The number of pyridine rings is 1. The summed E-state index contributed by atoms with van der Waals surface area (Å²) in [5, 5.41) is 0. The van der Waals surface area contributed by atoms with Crippen LogP contribution in [0.15, 0.2) is 18.3 Å². The molecular weight excluding hydrogens is 214 g/mol. The molecule has 0 unspecified atom stereocenters. The second-order valence-corrected chi connectivity index (χ2v) is 4.02. The highest BCUT2D eigenvalue weighted by molar-refractivity contribution is 5.94. The molecule has 0 radical (unpaired) electrons. The second-order valence-electron chi connectivity index (χ2n) is 4.02. The summed E-state index contributed by atoms with van der Waals surface area (Å²) in [6, 6.07) is 3.31. The fourth-order valence-electron chi connectivity index (χ4n) is 1.69. The molecule has 5 heteroatoms. The zero-order valence-electron chi connectivity index (χ0n) is 8.91. The van der Waals surface area contributed by atoms with Gasteiger partial charge in [-0.25, -0.2) is 8.78 Å². The van der Waals surface area contributed by atoms with Crippen LogP contribution in [0, 0.1) is 6.92 Å². The molecule has 1 aromatic heterocycles. The fourth-order valence-corrected chi connectivity index (χ4v) is 1.69. The Kier molecular flexibility index (Phi) is 2.61. The molecule has 0 spiro atoms. The molecule has 2 rings (SSSR count). The Balaban J connectivity index is 2.12. The number of likely N-dealkylation sites (tertiary alicyclic amines) is 1. The SMILES string of the molecule is Cc1ccc(C(=O)N2CCC(F)(F)C2)cn1. The lowest BCUT2D eigenvalue weighted by Gasteiger charge is -2.15. The number of halogens is 2. The first-order valence-electron chi connectivity index (χ1n) is 5.08. The van der Waals surface area contributed by atoms with Crippen molar-refractivity contribution in [3.63, 3.8) is 0 Å². The van der Waals surface area contributed by atoms with Crippen molar-refractivity contribution in [2.75, 3.05) is 13.1 Å². The van der Waals surface area contributed by atoms with E-state index in [9.17, 15) is 13.6 Å². The molecule has 0 saturated carbocycles. The maximum atomic E-state index is 12.9. The predicted octanol–water partition coefficient (Wildman–Crippen LogP) is 1.87. The van der Waals surface area contributed by atoms with Gasteiger partial charge < -0.3 is 4.90 Å². The molecule has 0 aliphatic carbocycles. The van der Waals surface area contributed by atoms with E-state index in [1.807, 2.05) is 0 Å². The molecule has 1 saturated heterocycles. The van der Waals surface area contributed by atoms with Crippen LogP contribution in [0.1, 0.15) is 22.5 Å². The highest BCUT2D eigenvalue weighted by atomic mass is 19.3. The Hall–Kier alpha value is -1.52. The molecule has 0 bridgehead atoms. The average molecular weight is 226 g/mol. The summed E-state index contributed by atoms with van der Waals surface area (Å²) in [5.74, 6) is -3.11. The van der Waals surface area contributed by atoms with E-state index in [-0.39, 0.29) is 18.9 Å². The maximum absolute atomic E-state index is 12.9. The van der Waals surface area contributed by atoms with Crippen molar-refractivity contribution >= 4 is 5.91 Å². The number of carbonyl (C=O) groups excluding carboxylic acids is 1. The second kappa shape index (κ2) is 3.81. The van der Waals surface area contributed by atoms with Gasteiger partial charge in [-0.15, -0.1) is 0 Å². The third kappa shape index (κ3) is 2.18. The largest absolute Gasteiger partial charge is 0.332 e. The number of carbonyl (C=O) groups is 1. The van der Waals surface area contributed by atoms with Gasteiger partial charge in [-0.1, -0.05) is 0 Å². The summed E-state index contributed by atoms with van der Waals surface area (Å²) in [6.45, 7) is 1.43. The molecule has 1 fully saturated rings. The molecule has 0 aromatic carbocycles. The molecule has 1 aromatic rings. The van der Waals surface area contributed by atoms with Gasteiger partial charge in [0.25, 0.3) is 11.8 Å². The van der Waals surface area contributed by atoms with Crippen LogP contribution in [-0.2, 0) is 0 Å². The van der Waals surface area contributed by atoms with E-state index in [0.717, 1.165) is 5.69 Å². The molecule has 0 atom stereocenters. The number of rotatable bonds is 1. The quantitative estimate of drug-likeness (QED) is 0.732. The Morgan fingerprint density at radius 3 is 2.75 bits per heavy atom. The smallest absolute Gasteiger partial charge is 0.267 e. The predicted molar refractivity (Wildman–Crippen MR) is 54.4 cm³/mol. The van der Waals surface area contributed by atoms with Crippen LogP contribution >= 0.6 is 0 Å². The van der Waals surface area contributed by atoms with Gasteiger partial charge >= 0.3 is 0 Å². The first-order valence-corrected chi connectivity index (χ1v) is 5.08. The first kappa shape index (κ1) is 11.0. The lowest BCUT2D eigenvalue weighted by Crippen LogP contribution is -2.31. The van der Waals surface area contributed by atoms with Gasteiger partial charge in [-0.2, -0.15) is 0 Å². The Morgan fingerprint density at radius 1 is 1.50 bits per heavy atom. The fraction of sp³-hybridized carbons (Fsp3) is 0.455. The molecule has 86 valence electrons. The van der Waals surface area contributed by atoms with Crippen molar-refractivity contribution in [2.24, 2.45) is 0 Å². The topological polar surface area (TPSA) is 33.2 Å². The summed E-state index contributed by atoms with van der Waals surface area (Å²) in [5.41, 5.74) is 1.16. The van der Waals surface area contributed by atoms with E-state index in [0.29, 0.717) is 5.56 Å². The van der Waals surface area contributed by atoms with Crippen molar-refractivity contribution in [3.8, 4) is 0 Å². The molecule has 16 heavy (non-hydrogen) atoms. The third-order valence-corrected chi connectivity index (χ3v) is 2.62. The maximum Gasteiger partial charge on any atom is 0.267 e. The Labute approximate surface area is 92.1 Å². The number of hydrogen-bond donors (Lipinski definition) is 0. The monoisotopic (exact) mass is 226 g/mol. The van der Waals surface area contributed by atoms with Crippen LogP contribution in [0.3, 0.4) is 0 Å². The zero-order valence-corrected chi connectivity index (χ0v) is 8.91. The van der Waals surface area contributed by atoms with Crippen molar-refractivity contribution in [1.29, 1.82) is 0 Å². The molecule has 1 aliphatic heterocycles. The van der Waals surface area contributed by atoms with Crippen molar-refractivity contribution in [2.45, 2.75) is 19.3 Å². The summed E-state index contributed by atoms with van der Waals surface area (Å²) in [6.07, 6.45) is 1.17. The average Bonchev–Trinajstić information content (AvgIpc) is 2.59. The van der Waals surface area contributed by atoms with E-state index >= 15 is 0 Å². The number of aromatic nitrogens is 1. The van der Waals surface area contributed by atoms with Crippen LogP contribution in [0.25, 0.3) is 0 Å². The van der Waals surface area contributed by atoms with Gasteiger partial charge in [-0.05, 0) is 19.1 Å². The van der Waals surface area contributed by atoms with Crippen LogP contribution in [0.4, 0.5) is 8.78 Å². The van der Waals surface area contributed by atoms with Gasteiger partial charge in [0.15, 0.2) is 0 Å². The van der Waals surface area contributed by atoms with Crippen molar-refractivity contribution in [1.82, 2.24) is 9.88 Å². The normalized spacial score (nSPS) is 18.8. The summed E-state index contributed by atoms with van der Waals surface area (Å²) < 4.78 is 25.9. The number of amides is 1. The van der Waals surface area contributed by atoms with Crippen LogP contribution in [0.5, 0.6) is 0 Å². The van der Waals surface area contributed by atoms with E-state index in [2.05, 4.69) is 4.98 Å². The number of alkyl halides is 2. The van der Waals surface area contributed by atoms with Crippen molar-refractivity contribution < 1.29 is 13.6 Å². The van der Waals surface area contributed by atoms with Crippen LogP contribution in [0.2, 0.25) is 0 Å². The number of hydrogen-bond acceptors (Lipinski definition) is 2. The zero-order chi connectivity index (χ0) is 11.8. The molecular formula is C11H12F2N2O. The van der Waals surface area contributed by atoms with Gasteiger partial charge in [0.2, 0.25) is 0 Å². The summed E-state index contributed by atoms with van der Waals surface area (Å²) in [7, 11) is 0. The first-order chi connectivity index (χ1) is 7.48. The van der Waals surface area contributed by atoms with Gasteiger partial charge in [0, 0.05) is 24.9 Å². The molecule has 0 N–H and O–H groups in total. The van der Waals surface area contributed by atoms with Crippen LogP contribution in [-0.4, -0.2) is 34.8 Å². The van der Waals surface area contributed by atoms with E-state index in [4.69, 9.17) is 0 Å². The van der Waals surface area contributed by atoms with Crippen LogP contribution < -0.4 is 0 Å². The third-order valence-electron chi connectivity index (χ3n) is 2.62. The van der Waals surface area contributed by atoms with E-state index in [1.165, 1.54) is 11.1 Å². The minimum Gasteiger partial charge on any atom is -0.332 e. The summed E-state index contributed by atoms with van der Waals surface area (Å²) in [4.78, 5) is 16.9. The standard InChI is InChI=1S/C11H12F2N2O/c1-8-2-3-9(6-14-8)10(16)15-5-4-11(12,13)7-15/h2-3,6H,4-5,7H2,1H3. The molecule has 1 amide bonds. The Morgan fingerprint density at radius 2 is 2.25 bits per heavy atom. The highest BCUT2D eigenvalue weighted by Gasteiger charge is 2.40. The van der Waals surface area contributed by atoms with Gasteiger partial charge in [0.1, 0.15) is 0 Å². The number of aryl methyl sites for hydroxylation is 1. The molecule has 2 heterocycles. The summed E-state index contributed by atoms with van der Waals surface area (Å²) >= 11 is 0. The highest BCUT2D eigenvalue weighted by Crippen LogP contribution is 2.27. The van der Waals surface area contributed by atoms with Gasteiger partial charge in [0.05, 0.1) is 12.1 Å². The minimum absolute atomic E-state index is 0.111. The van der Waals surface area contributed by atoms with E-state index < -0.39 is 12.5 Å².